The minimum Gasteiger partial charge on any atom is -0.441 e. The summed E-state index contributed by atoms with van der Waals surface area (Å²) in [5.74, 6) is 0.768. The standard InChI is InChI=1S/C5H4N4O/c1-3-2-4-5(10-3)7-9-8-6-4/h2H,1H3. The van der Waals surface area contributed by atoms with Crippen molar-refractivity contribution in [2.75, 3.05) is 0 Å². The molecule has 0 saturated heterocycles. The molecule has 0 amide bonds. The number of aryl methyl sites for hydroxylation is 1. The summed E-state index contributed by atoms with van der Waals surface area (Å²) in [5.41, 5.74) is 1.08. The van der Waals surface area contributed by atoms with Crippen LogP contribution in [0.25, 0.3) is 11.2 Å². The zero-order valence-electron chi connectivity index (χ0n) is 5.27. The monoisotopic (exact) mass is 136 g/mol. The highest BCUT2D eigenvalue weighted by atomic mass is 16.3. The lowest BCUT2D eigenvalue weighted by Gasteiger charge is -1.77. The van der Waals surface area contributed by atoms with E-state index in [1.165, 1.54) is 0 Å². The first-order valence-electron chi connectivity index (χ1n) is 2.78. The van der Waals surface area contributed by atoms with Gasteiger partial charge in [0.15, 0.2) is 5.52 Å². The Morgan fingerprint density at radius 1 is 1.30 bits per heavy atom. The van der Waals surface area contributed by atoms with Crippen LogP contribution in [-0.4, -0.2) is 20.6 Å². The van der Waals surface area contributed by atoms with Crippen LogP contribution in [0.1, 0.15) is 5.76 Å². The number of hydrogen-bond donors (Lipinski definition) is 0. The molecule has 0 atom stereocenters. The van der Waals surface area contributed by atoms with Gasteiger partial charge in [-0.15, -0.1) is 5.10 Å². The van der Waals surface area contributed by atoms with Crippen molar-refractivity contribution in [1.82, 2.24) is 20.6 Å². The molecule has 2 aromatic heterocycles. The van der Waals surface area contributed by atoms with Crippen LogP contribution >= 0.6 is 0 Å². The third kappa shape index (κ3) is 0.637. The summed E-state index contributed by atoms with van der Waals surface area (Å²) in [4.78, 5) is 0. The molecule has 0 aliphatic rings. The predicted molar refractivity (Wildman–Crippen MR) is 32.1 cm³/mol. The number of nitrogens with zero attached hydrogens (tertiary/aromatic N) is 4. The highest BCUT2D eigenvalue weighted by molar-refractivity contribution is 5.66. The van der Waals surface area contributed by atoms with E-state index in [-0.39, 0.29) is 0 Å². The van der Waals surface area contributed by atoms with Gasteiger partial charge in [0.2, 0.25) is 0 Å². The number of rotatable bonds is 0. The topological polar surface area (TPSA) is 64.7 Å². The first-order valence-corrected chi connectivity index (χ1v) is 2.78. The zero-order valence-corrected chi connectivity index (χ0v) is 5.27. The van der Waals surface area contributed by atoms with Gasteiger partial charge in [-0.05, 0) is 17.4 Å². The minimum absolute atomic E-state index is 0.438. The van der Waals surface area contributed by atoms with E-state index >= 15 is 0 Å². The largest absolute Gasteiger partial charge is 0.441 e. The van der Waals surface area contributed by atoms with Crippen molar-refractivity contribution in [1.29, 1.82) is 0 Å². The van der Waals surface area contributed by atoms with Gasteiger partial charge >= 0.3 is 0 Å². The Balaban J connectivity index is 2.88. The molecule has 0 unspecified atom stereocenters. The maximum atomic E-state index is 5.09. The number of hydrogen-bond acceptors (Lipinski definition) is 5. The fraction of sp³-hybridized carbons (Fsp3) is 0.200. The molecule has 0 N–H and O–H groups in total. The predicted octanol–water partition coefficient (Wildman–Crippen LogP) is 0.321. The molecule has 2 aromatic rings. The van der Waals surface area contributed by atoms with Crippen molar-refractivity contribution < 1.29 is 4.42 Å². The molecule has 0 aliphatic heterocycles. The van der Waals surface area contributed by atoms with E-state index in [1.54, 1.807) is 6.07 Å². The number of aromatic nitrogens is 4. The van der Waals surface area contributed by atoms with E-state index in [2.05, 4.69) is 20.6 Å². The average molecular weight is 136 g/mol. The molecule has 10 heavy (non-hydrogen) atoms. The molecule has 0 bridgehead atoms. The van der Waals surface area contributed by atoms with Crippen molar-refractivity contribution >= 4 is 11.2 Å². The molecule has 0 aromatic carbocycles. The average Bonchev–Trinajstić information content (AvgIpc) is 2.27. The Morgan fingerprint density at radius 3 is 2.90 bits per heavy atom. The third-order valence-corrected chi connectivity index (χ3v) is 1.14. The number of fused-ring (bicyclic) bond motifs is 1. The maximum Gasteiger partial charge on any atom is 0.268 e. The fourth-order valence-electron chi connectivity index (χ4n) is 0.761. The van der Waals surface area contributed by atoms with E-state index in [0.717, 1.165) is 5.76 Å². The van der Waals surface area contributed by atoms with Crippen LogP contribution in [0.5, 0.6) is 0 Å². The van der Waals surface area contributed by atoms with Gasteiger partial charge in [0.05, 0.1) is 0 Å². The van der Waals surface area contributed by atoms with Gasteiger partial charge < -0.3 is 4.42 Å². The summed E-state index contributed by atoms with van der Waals surface area (Å²) in [6, 6.07) is 1.76. The Kier molecular flexibility index (Phi) is 0.913. The summed E-state index contributed by atoms with van der Waals surface area (Å²) in [6.45, 7) is 1.82. The van der Waals surface area contributed by atoms with Gasteiger partial charge in [-0.3, -0.25) is 0 Å². The summed E-state index contributed by atoms with van der Waals surface area (Å²) >= 11 is 0. The Bertz CT molecular complexity index is 322. The summed E-state index contributed by atoms with van der Waals surface area (Å²) in [5, 5.41) is 14.0. The Hall–Kier alpha value is -1.52. The molecule has 5 nitrogen and oxygen atoms in total. The molecule has 0 fully saturated rings. The molecule has 2 rings (SSSR count). The Labute approximate surface area is 56.1 Å². The van der Waals surface area contributed by atoms with Crippen LogP contribution in [0.15, 0.2) is 10.5 Å². The second-order valence-corrected chi connectivity index (χ2v) is 1.93. The van der Waals surface area contributed by atoms with E-state index in [1.807, 2.05) is 6.92 Å². The van der Waals surface area contributed by atoms with Crippen molar-refractivity contribution in [2.45, 2.75) is 6.92 Å². The van der Waals surface area contributed by atoms with Gasteiger partial charge in [-0.25, -0.2) is 0 Å². The number of furan rings is 1. The van der Waals surface area contributed by atoms with Crippen LogP contribution in [-0.2, 0) is 0 Å². The molecule has 0 saturated carbocycles. The lowest BCUT2D eigenvalue weighted by atomic mass is 10.5. The molecular formula is C5H4N4O. The SMILES string of the molecule is Cc1cc2nnnnc2o1. The molecule has 0 aliphatic carbocycles. The zero-order chi connectivity index (χ0) is 6.97. The van der Waals surface area contributed by atoms with Gasteiger partial charge in [0.25, 0.3) is 5.71 Å². The van der Waals surface area contributed by atoms with Crippen molar-refractivity contribution in [3.05, 3.63) is 11.8 Å². The van der Waals surface area contributed by atoms with E-state index in [9.17, 15) is 0 Å². The third-order valence-electron chi connectivity index (χ3n) is 1.14. The minimum atomic E-state index is 0.438. The van der Waals surface area contributed by atoms with Crippen LogP contribution in [0.2, 0.25) is 0 Å². The molecule has 5 heteroatoms. The van der Waals surface area contributed by atoms with E-state index in [4.69, 9.17) is 4.42 Å². The first kappa shape index (κ1) is 5.28. The van der Waals surface area contributed by atoms with Gasteiger partial charge in [0.1, 0.15) is 5.76 Å². The quantitative estimate of drug-likeness (QED) is 0.521. The van der Waals surface area contributed by atoms with Gasteiger partial charge in [-0.1, -0.05) is 5.10 Å². The van der Waals surface area contributed by atoms with Crippen LogP contribution < -0.4 is 0 Å². The highest BCUT2D eigenvalue weighted by Crippen LogP contribution is 2.10. The van der Waals surface area contributed by atoms with E-state index in [0.29, 0.717) is 11.2 Å². The van der Waals surface area contributed by atoms with Crippen LogP contribution in [0, 0.1) is 6.92 Å². The summed E-state index contributed by atoms with van der Waals surface area (Å²) < 4.78 is 5.09. The normalized spacial score (nSPS) is 10.5. The van der Waals surface area contributed by atoms with Crippen molar-refractivity contribution in [3.8, 4) is 0 Å². The smallest absolute Gasteiger partial charge is 0.268 e. The van der Waals surface area contributed by atoms with Crippen molar-refractivity contribution in [3.63, 3.8) is 0 Å². The van der Waals surface area contributed by atoms with Crippen LogP contribution in [0.3, 0.4) is 0 Å². The lowest BCUT2D eigenvalue weighted by molar-refractivity contribution is 0.555. The Morgan fingerprint density at radius 2 is 2.10 bits per heavy atom. The van der Waals surface area contributed by atoms with Gasteiger partial charge in [0, 0.05) is 6.07 Å². The molecule has 50 valence electrons. The van der Waals surface area contributed by atoms with Crippen LogP contribution in [0.4, 0.5) is 0 Å². The molecule has 0 spiro atoms. The fourth-order valence-corrected chi connectivity index (χ4v) is 0.761. The summed E-state index contributed by atoms with van der Waals surface area (Å²) in [6.07, 6.45) is 0. The maximum absolute atomic E-state index is 5.09. The molecule has 0 radical (unpaired) electrons. The van der Waals surface area contributed by atoms with Crippen molar-refractivity contribution in [2.24, 2.45) is 0 Å². The molecule has 2 heterocycles. The highest BCUT2D eigenvalue weighted by Gasteiger charge is 2.00. The van der Waals surface area contributed by atoms with Gasteiger partial charge in [-0.2, -0.15) is 0 Å². The van der Waals surface area contributed by atoms with E-state index < -0.39 is 0 Å². The second-order valence-electron chi connectivity index (χ2n) is 1.93. The molecular weight excluding hydrogens is 132 g/mol. The lowest BCUT2D eigenvalue weighted by Crippen LogP contribution is -1.88. The second kappa shape index (κ2) is 1.73. The first-order chi connectivity index (χ1) is 4.86. The summed E-state index contributed by atoms with van der Waals surface area (Å²) in [7, 11) is 0.